The molecule has 0 unspecified atom stereocenters. The summed E-state index contributed by atoms with van der Waals surface area (Å²) in [4.78, 5) is 8.91. The van der Waals surface area contributed by atoms with Gasteiger partial charge < -0.3 is 15.2 Å². The molecule has 6 nitrogen and oxygen atoms in total. The molecule has 1 aromatic carbocycles. The Morgan fingerprint density at radius 2 is 2.08 bits per heavy atom. The highest BCUT2D eigenvalue weighted by Gasteiger charge is 2.09. The topological polar surface area (TPSA) is 75.3 Å². The molecule has 0 saturated heterocycles. The summed E-state index contributed by atoms with van der Waals surface area (Å²) < 4.78 is 5.23. The van der Waals surface area contributed by atoms with Gasteiger partial charge in [0.25, 0.3) is 0 Å². The predicted octanol–water partition coefficient (Wildman–Crippen LogP) is 3.14. The Labute approximate surface area is 147 Å². The van der Waals surface area contributed by atoms with E-state index in [4.69, 9.17) is 16.1 Å². The summed E-state index contributed by atoms with van der Waals surface area (Å²) in [5.41, 5.74) is 0.995. The maximum absolute atomic E-state index is 6.16. The van der Waals surface area contributed by atoms with Crippen molar-refractivity contribution < 1.29 is 4.52 Å². The van der Waals surface area contributed by atoms with Gasteiger partial charge >= 0.3 is 0 Å². The van der Waals surface area contributed by atoms with Gasteiger partial charge in [0.15, 0.2) is 11.8 Å². The number of benzene rings is 1. The fourth-order valence-electron chi connectivity index (χ4n) is 2.02. The molecule has 1 heterocycles. The first kappa shape index (κ1) is 18.3. The van der Waals surface area contributed by atoms with Gasteiger partial charge in [-0.25, -0.2) is 4.99 Å². The molecule has 2 N–H and O–H groups in total. The fraction of sp³-hybridized carbons (Fsp3) is 0.471. The van der Waals surface area contributed by atoms with Gasteiger partial charge in [0.1, 0.15) is 0 Å². The van der Waals surface area contributed by atoms with Crippen molar-refractivity contribution in [3.8, 4) is 0 Å². The molecule has 0 radical (unpaired) electrons. The van der Waals surface area contributed by atoms with Crippen molar-refractivity contribution in [2.24, 2.45) is 4.99 Å². The van der Waals surface area contributed by atoms with E-state index in [1.807, 2.05) is 45.0 Å². The SMILES string of the molecule is CCNC(=NCc1ccccc1Cl)NCCc1nc(C(C)C)no1. The molecule has 0 atom stereocenters. The van der Waals surface area contributed by atoms with Gasteiger partial charge in [0.2, 0.25) is 5.89 Å². The minimum Gasteiger partial charge on any atom is -0.357 e. The summed E-state index contributed by atoms with van der Waals surface area (Å²) >= 11 is 6.16. The zero-order valence-electron chi connectivity index (χ0n) is 14.3. The van der Waals surface area contributed by atoms with Crippen molar-refractivity contribution in [2.75, 3.05) is 13.1 Å². The molecule has 2 rings (SSSR count). The number of nitrogens with one attached hydrogen (secondary N) is 2. The summed E-state index contributed by atoms with van der Waals surface area (Å²) in [6.07, 6.45) is 0.649. The van der Waals surface area contributed by atoms with Gasteiger partial charge in [-0.05, 0) is 18.6 Å². The summed E-state index contributed by atoms with van der Waals surface area (Å²) in [5.74, 6) is 2.38. The molecule has 0 spiro atoms. The van der Waals surface area contributed by atoms with Crippen LogP contribution in [-0.4, -0.2) is 29.2 Å². The summed E-state index contributed by atoms with van der Waals surface area (Å²) in [5, 5.41) is 11.2. The predicted molar refractivity (Wildman–Crippen MR) is 96.4 cm³/mol. The van der Waals surface area contributed by atoms with E-state index in [1.54, 1.807) is 0 Å². The zero-order valence-corrected chi connectivity index (χ0v) is 15.1. The fourth-order valence-corrected chi connectivity index (χ4v) is 2.22. The Morgan fingerprint density at radius 3 is 2.75 bits per heavy atom. The van der Waals surface area contributed by atoms with Crippen LogP contribution in [0.4, 0.5) is 0 Å². The van der Waals surface area contributed by atoms with Crippen LogP contribution in [0.15, 0.2) is 33.8 Å². The smallest absolute Gasteiger partial charge is 0.228 e. The zero-order chi connectivity index (χ0) is 17.4. The molecule has 0 saturated carbocycles. The molecule has 0 aliphatic rings. The average molecular weight is 350 g/mol. The van der Waals surface area contributed by atoms with Gasteiger partial charge in [-0.2, -0.15) is 4.98 Å². The second kappa shape index (κ2) is 9.27. The van der Waals surface area contributed by atoms with Crippen LogP contribution in [0.3, 0.4) is 0 Å². The van der Waals surface area contributed by atoms with Crippen LogP contribution >= 0.6 is 11.6 Å². The molecule has 130 valence electrons. The molecular formula is C17H24ClN5O. The van der Waals surface area contributed by atoms with Crippen molar-refractivity contribution in [2.45, 2.75) is 39.7 Å². The highest BCUT2D eigenvalue weighted by Crippen LogP contribution is 2.15. The third-order valence-electron chi connectivity index (χ3n) is 3.34. The number of aromatic nitrogens is 2. The van der Waals surface area contributed by atoms with E-state index in [2.05, 4.69) is 25.8 Å². The van der Waals surface area contributed by atoms with Crippen LogP contribution < -0.4 is 10.6 Å². The second-order valence-corrected chi connectivity index (χ2v) is 6.07. The third-order valence-corrected chi connectivity index (χ3v) is 3.71. The van der Waals surface area contributed by atoms with Crippen LogP contribution in [-0.2, 0) is 13.0 Å². The molecule has 0 bridgehead atoms. The van der Waals surface area contributed by atoms with E-state index in [0.717, 1.165) is 28.9 Å². The first-order valence-electron chi connectivity index (χ1n) is 8.18. The number of nitrogens with zero attached hydrogens (tertiary/aromatic N) is 3. The maximum Gasteiger partial charge on any atom is 0.228 e. The lowest BCUT2D eigenvalue weighted by atomic mass is 10.2. The lowest BCUT2D eigenvalue weighted by Gasteiger charge is -2.10. The minimum atomic E-state index is 0.268. The van der Waals surface area contributed by atoms with Crippen molar-refractivity contribution in [1.29, 1.82) is 0 Å². The van der Waals surface area contributed by atoms with Crippen molar-refractivity contribution in [3.05, 3.63) is 46.6 Å². The Kier molecular flexibility index (Phi) is 7.06. The van der Waals surface area contributed by atoms with Crippen LogP contribution in [0.2, 0.25) is 5.02 Å². The van der Waals surface area contributed by atoms with E-state index in [9.17, 15) is 0 Å². The molecule has 1 aromatic heterocycles. The number of hydrogen-bond donors (Lipinski definition) is 2. The summed E-state index contributed by atoms with van der Waals surface area (Å²) in [6, 6.07) is 7.71. The van der Waals surface area contributed by atoms with Crippen molar-refractivity contribution >= 4 is 17.6 Å². The van der Waals surface area contributed by atoms with Crippen LogP contribution in [0, 0.1) is 0 Å². The summed E-state index contributed by atoms with van der Waals surface area (Å²) in [7, 11) is 0. The van der Waals surface area contributed by atoms with Crippen LogP contribution in [0.25, 0.3) is 0 Å². The Bertz CT molecular complexity index is 669. The summed E-state index contributed by atoms with van der Waals surface area (Å²) in [6.45, 7) is 8.07. The van der Waals surface area contributed by atoms with E-state index >= 15 is 0 Å². The van der Waals surface area contributed by atoms with E-state index in [-0.39, 0.29) is 5.92 Å². The van der Waals surface area contributed by atoms with Gasteiger partial charge in [-0.3, -0.25) is 0 Å². The monoisotopic (exact) mass is 349 g/mol. The Morgan fingerprint density at radius 1 is 1.29 bits per heavy atom. The van der Waals surface area contributed by atoms with Crippen LogP contribution in [0.1, 0.15) is 44.0 Å². The second-order valence-electron chi connectivity index (χ2n) is 5.66. The highest BCUT2D eigenvalue weighted by atomic mass is 35.5. The number of hydrogen-bond acceptors (Lipinski definition) is 4. The van der Waals surface area contributed by atoms with Crippen molar-refractivity contribution in [3.63, 3.8) is 0 Å². The Balaban J connectivity index is 1.88. The maximum atomic E-state index is 6.16. The highest BCUT2D eigenvalue weighted by molar-refractivity contribution is 6.31. The largest absolute Gasteiger partial charge is 0.357 e. The van der Waals surface area contributed by atoms with Gasteiger partial charge in [0.05, 0.1) is 6.54 Å². The molecule has 2 aromatic rings. The molecule has 24 heavy (non-hydrogen) atoms. The lowest BCUT2D eigenvalue weighted by molar-refractivity contribution is 0.371. The van der Waals surface area contributed by atoms with Crippen molar-refractivity contribution in [1.82, 2.24) is 20.8 Å². The molecule has 0 fully saturated rings. The normalized spacial score (nSPS) is 11.8. The first-order chi connectivity index (χ1) is 11.6. The van der Waals surface area contributed by atoms with E-state index < -0.39 is 0 Å². The van der Waals surface area contributed by atoms with Crippen LogP contribution in [0.5, 0.6) is 0 Å². The number of aliphatic imine (C=N–C) groups is 1. The molecular weight excluding hydrogens is 326 g/mol. The quantitative estimate of drug-likeness (QED) is 0.593. The van der Waals surface area contributed by atoms with Gasteiger partial charge in [0, 0.05) is 30.5 Å². The van der Waals surface area contributed by atoms with E-state index in [0.29, 0.717) is 25.4 Å². The third kappa shape index (κ3) is 5.53. The standard InChI is InChI=1S/C17H24ClN5O/c1-4-19-17(21-11-13-7-5-6-8-14(13)18)20-10-9-15-22-16(12(2)3)23-24-15/h5-8,12H,4,9-11H2,1-3H3,(H2,19,20,21). The van der Waals surface area contributed by atoms with Gasteiger partial charge in [-0.1, -0.05) is 48.8 Å². The number of guanidine groups is 1. The van der Waals surface area contributed by atoms with E-state index in [1.165, 1.54) is 0 Å². The molecule has 7 heteroatoms. The molecule has 0 aliphatic carbocycles. The lowest BCUT2D eigenvalue weighted by Crippen LogP contribution is -2.38. The minimum absolute atomic E-state index is 0.268. The van der Waals surface area contributed by atoms with Gasteiger partial charge in [-0.15, -0.1) is 0 Å². The number of halogens is 1. The Hall–Kier alpha value is -2.08. The average Bonchev–Trinajstić information content (AvgIpc) is 3.03. The molecule has 0 aliphatic heterocycles. The first-order valence-corrected chi connectivity index (χ1v) is 8.56. The number of rotatable bonds is 7. The molecule has 0 amide bonds.